The van der Waals surface area contributed by atoms with Gasteiger partial charge >= 0.3 is 11.9 Å². The van der Waals surface area contributed by atoms with Gasteiger partial charge in [0, 0.05) is 35.6 Å². The van der Waals surface area contributed by atoms with Crippen LogP contribution >= 0.6 is 0 Å². The summed E-state index contributed by atoms with van der Waals surface area (Å²) in [6, 6.07) is 42.5. The quantitative estimate of drug-likeness (QED) is 0.0455. The highest BCUT2D eigenvalue weighted by Crippen LogP contribution is 2.34. The average molecular weight is 857 g/mol. The summed E-state index contributed by atoms with van der Waals surface area (Å²) in [7, 11) is 0. The van der Waals surface area contributed by atoms with Crippen molar-refractivity contribution in [2.24, 2.45) is 0 Å². The van der Waals surface area contributed by atoms with E-state index in [0.717, 1.165) is 70.5 Å². The Balaban J connectivity index is 0.858. The van der Waals surface area contributed by atoms with Gasteiger partial charge in [0.1, 0.15) is 34.2 Å². The molecule has 12 heteroatoms. The lowest BCUT2D eigenvalue weighted by molar-refractivity contribution is 0.0518. The number of para-hydroxylation sites is 4. The molecule has 6 aromatic carbocycles. The zero-order chi connectivity index (χ0) is 44.4. The third kappa shape index (κ3) is 9.56. The second-order valence-corrected chi connectivity index (χ2v) is 15.4. The number of hydrogen-bond acceptors (Lipinski definition) is 10. The number of nitrogens with zero attached hydrogens (tertiary/aromatic N) is 4. The molecule has 0 atom stereocenters. The van der Waals surface area contributed by atoms with Crippen LogP contribution in [0.15, 0.2) is 133 Å². The minimum absolute atomic E-state index is 0.274. The molecule has 0 aliphatic heterocycles. The van der Waals surface area contributed by atoms with E-state index in [1.807, 2.05) is 97.1 Å². The third-order valence-electron chi connectivity index (χ3n) is 11.0. The van der Waals surface area contributed by atoms with Crippen molar-refractivity contribution >= 4 is 45.4 Å². The minimum Gasteiger partial charge on any atom is -0.494 e. The third-order valence-corrected chi connectivity index (χ3v) is 11.0. The Hall–Kier alpha value is -7.60. The Morgan fingerprint density at radius 3 is 1.36 bits per heavy atom. The normalized spacial score (nSPS) is 11.2. The van der Waals surface area contributed by atoms with Crippen molar-refractivity contribution in [2.75, 3.05) is 37.9 Å². The van der Waals surface area contributed by atoms with Crippen molar-refractivity contribution in [1.29, 1.82) is 0 Å². The lowest BCUT2D eigenvalue weighted by atomic mass is 10.1. The van der Waals surface area contributed by atoms with E-state index in [-0.39, 0.29) is 13.2 Å². The molecule has 0 fully saturated rings. The Kier molecular flexibility index (Phi) is 13.5. The van der Waals surface area contributed by atoms with Crippen LogP contribution in [0.4, 0.5) is 11.4 Å². The molecule has 0 radical (unpaired) electrons. The molecule has 4 N–H and O–H groups in total. The number of hydrogen-bond donors (Lipinski definition) is 2. The van der Waals surface area contributed by atoms with Gasteiger partial charge in [0.25, 0.3) is 0 Å². The molecule has 0 aliphatic rings. The van der Waals surface area contributed by atoms with Crippen LogP contribution in [0.2, 0.25) is 0 Å². The molecule has 0 saturated carbocycles. The van der Waals surface area contributed by atoms with Gasteiger partial charge < -0.3 is 39.5 Å². The fraction of sp³-hybridized carbons (Fsp3) is 0.231. The molecule has 12 nitrogen and oxygen atoms in total. The van der Waals surface area contributed by atoms with Crippen LogP contribution in [0.3, 0.4) is 0 Å². The molecular weight excluding hydrogens is 805 g/mol. The van der Waals surface area contributed by atoms with E-state index in [1.165, 1.54) is 0 Å². The first-order valence-electron chi connectivity index (χ1n) is 21.8. The molecule has 326 valence electrons. The summed E-state index contributed by atoms with van der Waals surface area (Å²) in [5.74, 6) is 2.11. The molecule has 0 unspecified atom stereocenters. The summed E-state index contributed by atoms with van der Waals surface area (Å²) in [6.07, 6.45) is 3.82. The van der Waals surface area contributed by atoms with E-state index in [9.17, 15) is 9.59 Å². The molecule has 8 aromatic rings. The van der Waals surface area contributed by atoms with Crippen molar-refractivity contribution in [1.82, 2.24) is 19.1 Å². The number of ether oxygens (including phenoxy) is 4. The number of esters is 2. The fourth-order valence-electron chi connectivity index (χ4n) is 7.94. The Morgan fingerprint density at radius 2 is 0.938 bits per heavy atom. The highest BCUT2D eigenvalue weighted by Gasteiger charge is 2.22. The molecule has 0 spiro atoms. The van der Waals surface area contributed by atoms with E-state index in [0.29, 0.717) is 71.5 Å². The number of carbonyl (C=O) groups excluding carboxylic acids is 2. The zero-order valence-electron chi connectivity index (χ0n) is 36.2. The van der Waals surface area contributed by atoms with Crippen molar-refractivity contribution in [3.63, 3.8) is 0 Å². The van der Waals surface area contributed by atoms with Gasteiger partial charge in [0.15, 0.2) is 0 Å². The first kappa shape index (κ1) is 43.1. The number of nitrogens with two attached hydrogens (primary N) is 2. The van der Waals surface area contributed by atoms with Crippen LogP contribution in [0.1, 0.15) is 71.4 Å². The maximum absolute atomic E-state index is 12.9. The van der Waals surface area contributed by atoms with Crippen LogP contribution in [0, 0.1) is 0 Å². The summed E-state index contributed by atoms with van der Waals surface area (Å²) in [5, 5.41) is 0. The van der Waals surface area contributed by atoms with Crippen LogP contribution in [-0.4, -0.2) is 57.5 Å². The predicted octanol–water partition coefficient (Wildman–Crippen LogP) is 10.4. The van der Waals surface area contributed by atoms with Gasteiger partial charge in [-0.05, 0) is 123 Å². The second-order valence-electron chi connectivity index (χ2n) is 15.4. The van der Waals surface area contributed by atoms with Crippen LogP contribution < -0.4 is 20.9 Å². The second kappa shape index (κ2) is 20.1. The van der Waals surface area contributed by atoms with Gasteiger partial charge in [-0.1, -0.05) is 60.7 Å². The monoisotopic (exact) mass is 856 g/mol. The van der Waals surface area contributed by atoms with Crippen LogP contribution in [-0.2, 0) is 22.6 Å². The summed E-state index contributed by atoms with van der Waals surface area (Å²) in [4.78, 5) is 35.7. The maximum Gasteiger partial charge on any atom is 0.340 e. The topological polar surface area (TPSA) is 159 Å². The Bertz CT molecular complexity index is 2720. The fourth-order valence-corrected chi connectivity index (χ4v) is 7.94. The standard InChI is InChI=1S/C52H52N6O6/c1-3-61-51(59)41-23-15-27-45-47(41)55-49(39-21-7-9-25-43(39)53)57(45)33-35-17-13-19-37(31-35)63-29-11-5-6-12-30-64-38-20-14-18-36(32-38)34-58-46-28-16-24-42(52(60)62-4-2)48(46)56-50(58)40-22-8-10-26-44(40)54/h7-10,13-28,31-32H,3-6,11-12,29-30,33-34,53-54H2,1-2H3. The first-order valence-corrected chi connectivity index (χ1v) is 21.8. The number of unbranched alkanes of at least 4 members (excludes halogenated alkanes) is 3. The zero-order valence-corrected chi connectivity index (χ0v) is 36.2. The predicted molar refractivity (Wildman–Crippen MR) is 252 cm³/mol. The first-order chi connectivity index (χ1) is 31.3. The van der Waals surface area contributed by atoms with Gasteiger partial charge in [0.05, 0.1) is 48.6 Å². The smallest absolute Gasteiger partial charge is 0.340 e. The molecule has 0 aliphatic carbocycles. The molecular formula is C52H52N6O6. The van der Waals surface area contributed by atoms with Crippen molar-refractivity contribution in [3.05, 3.63) is 156 Å². The lowest BCUT2D eigenvalue weighted by Gasteiger charge is -2.13. The SMILES string of the molecule is CCOC(=O)c1cccc2c1nc(-c1ccccc1N)n2Cc1cccc(OCCCCCCOc2cccc(Cn3c(-c4ccccc4N)nc4c(C(=O)OCC)cccc43)c2)c1. The molecule has 0 amide bonds. The molecule has 2 aromatic heterocycles. The molecule has 2 heterocycles. The van der Waals surface area contributed by atoms with Gasteiger partial charge in [-0.25, -0.2) is 19.6 Å². The summed E-state index contributed by atoms with van der Waals surface area (Å²) >= 11 is 0. The van der Waals surface area contributed by atoms with E-state index < -0.39 is 11.9 Å². The van der Waals surface area contributed by atoms with Crippen molar-refractivity contribution in [2.45, 2.75) is 52.6 Å². The van der Waals surface area contributed by atoms with E-state index in [1.54, 1.807) is 26.0 Å². The molecule has 0 saturated heterocycles. The number of carbonyl (C=O) groups is 2. The van der Waals surface area contributed by atoms with Crippen molar-refractivity contribution < 1.29 is 28.5 Å². The number of aromatic nitrogens is 4. The van der Waals surface area contributed by atoms with Gasteiger partial charge in [-0.15, -0.1) is 0 Å². The van der Waals surface area contributed by atoms with E-state index in [2.05, 4.69) is 33.4 Å². The van der Waals surface area contributed by atoms with E-state index >= 15 is 0 Å². The highest BCUT2D eigenvalue weighted by atomic mass is 16.5. The minimum atomic E-state index is -0.408. The largest absolute Gasteiger partial charge is 0.494 e. The van der Waals surface area contributed by atoms with Gasteiger partial charge in [-0.2, -0.15) is 0 Å². The maximum atomic E-state index is 12.9. The summed E-state index contributed by atoms with van der Waals surface area (Å²) < 4.78 is 27.3. The number of fused-ring (bicyclic) bond motifs is 2. The highest BCUT2D eigenvalue weighted by molar-refractivity contribution is 6.04. The molecule has 0 bridgehead atoms. The summed E-state index contributed by atoms with van der Waals surface area (Å²) in [6.45, 7) is 6.30. The van der Waals surface area contributed by atoms with Gasteiger partial charge in [-0.3, -0.25) is 0 Å². The van der Waals surface area contributed by atoms with Crippen LogP contribution in [0.5, 0.6) is 11.5 Å². The molecule has 64 heavy (non-hydrogen) atoms. The Labute approximate surface area is 372 Å². The lowest BCUT2D eigenvalue weighted by Crippen LogP contribution is -2.06. The van der Waals surface area contributed by atoms with Gasteiger partial charge in [0.2, 0.25) is 0 Å². The number of rotatable bonds is 19. The number of benzene rings is 6. The number of anilines is 2. The van der Waals surface area contributed by atoms with Crippen molar-refractivity contribution in [3.8, 4) is 34.3 Å². The Morgan fingerprint density at radius 1 is 0.516 bits per heavy atom. The number of nitrogen functional groups attached to an aromatic ring is 2. The van der Waals surface area contributed by atoms with E-state index in [4.69, 9.17) is 40.4 Å². The average Bonchev–Trinajstić information content (AvgIpc) is 3.85. The number of imidazole rings is 2. The molecule has 8 rings (SSSR count). The van der Waals surface area contributed by atoms with Crippen LogP contribution in [0.25, 0.3) is 44.8 Å². The summed E-state index contributed by atoms with van der Waals surface area (Å²) in [5.41, 5.74) is 21.3.